The molecule has 0 aliphatic heterocycles. The fourth-order valence-electron chi connectivity index (χ4n) is 5.98. The lowest BCUT2D eigenvalue weighted by atomic mass is 10.0. The second-order valence-corrected chi connectivity index (χ2v) is 14.6. The minimum Gasteiger partial charge on any atom is -0.494 e. The third-order valence-corrected chi connectivity index (χ3v) is 11.1. The van der Waals surface area contributed by atoms with Gasteiger partial charge in [0.2, 0.25) is 11.8 Å². The second kappa shape index (κ2) is 16.7. The van der Waals surface area contributed by atoms with E-state index in [1.807, 2.05) is 73.8 Å². The van der Waals surface area contributed by atoms with Crippen molar-refractivity contribution >= 4 is 39.3 Å². The number of nitrogens with zero attached hydrogens (tertiary/aromatic N) is 2. The van der Waals surface area contributed by atoms with E-state index in [1.165, 1.54) is 11.8 Å². The van der Waals surface area contributed by atoms with Crippen molar-refractivity contribution < 1.29 is 22.7 Å². The van der Waals surface area contributed by atoms with Crippen molar-refractivity contribution in [1.29, 1.82) is 0 Å². The van der Waals surface area contributed by atoms with E-state index in [-0.39, 0.29) is 29.8 Å². The van der Waals surface area contributed by atoms with Gasteiger partial charge >= 0.3 is 0 Å². The van der Waals surface area contributed by atoms with Gasteiger partial charge in [-0.25, -0.2) is 8.42 Å². The third-order valence-electron chi connectivity index (χ3n) is 8.53. The maximum Gasteiger partial charge on any atom is 0.264 e. The Morgan fingerprint density at radius 3 is 2.04 bits per heavy atom. The number of sulfonamides is 1. The molecule has 1 fully saturated rings. The summed E-state index contributed by atoms with van der Waals surface area (Å²) < 4.78 is 35.4. The molecule has 4 aromatic rings. The van der Waals surface area contributed by atoms with Gasteiger partial charge in [0.15, 0.2) is 0 Å². The highest BCUT2D eigenvalue weighted by Gasteiger charge is 2.35. The maximum atomic E-state index is 14.7. The summed E-state index contributed by atoms with van der Waals surface area (Å²) in [6.07, 6.45) is 6.10. The fraction of sp³-hybridized carbons (Fsp3) is 0.316. The molecule has 0 saturated heterocycles. The minimum atomic E-state index is -4.19. The lowest BCUT2D eigenvalue weighted by Crippen LogP contribution is -2.54. The number of anilines is 1. The van der Waals surface area contributed by atoms with E-state index in [9.17, 15) is 18.0 Å². The average Bonchev–Trinajstić information content (AvgIpc) is 3.63. The lowest BCUT2D eigenvalue weighted by molar-refractivity contribution is -0.140. The number of rotatable bonds is 15. The highest BCUT2D eigenvalue weighted by Crippen LogP contribution is 2.28. The van der Waals surface area contributed by atoms with Crippen molar-refractivity contribution in [2.24, 2.45) is 0 Å². The summed E-state index contributed by atoms with van der Waals surface area (Å²) in [5, 5.41) is 3.21. The van der Waals surface area contributed by atoms with E-state index in [1.54, 1.807) is 53.4 Å². The molecule has 0 spiro atoms. The van der Waals surface area contributed by atoms with Gasteiger partial charge in [0.25, 0.3) is 10.0 Å². The van der Waals surface area contributed by atoms with Gasteiger partial charge in [-0.1, -0.05) is 73.5 Å². The predicted octanol–water partition coefficient (Wildman–Crippen LogP) is 6.70. The average molecular weight is 686 g/mol. The largest absolute Gasteiger partial charge is 0.494 e. The predicted molar refractivity (Wildman–Crippen MR) is 192 cm³/mol. The number of hydrogen-bond donors (Lipinski definition) is 1. The molecule has 1 N–H and O–H groups in total. The molecule has 5 rings (SSSR count). The summed E-state index contributed by atoms with van der Waals surface area (Å²) in [5.74, 6) is -0.135. The van der Waals surface area contributed by atoms with Gasteiger partial charge in [0.05, 0.1) is 17.2 Å². The van der Waals surface area contributed by atoms with Gasteiger partial charge in [-0.05, 0) is 85.7 Å². The first-order valence-electron chi connectivity index (χ1n) is 16.4. The third kappa shape index (κ3) is 8.99. The molecule has 8 nitrogen and oxygen atoms in total. The quantitative estimate of drug-likeness (QED) is 0.140. The number of ether oxygens (including phenoxy) is 1. The van der Waals surface area contributed by atoms with Crippen LogP contribution in [-0.4, -0.2) is 56.6 Å². The van der Waals surface area contributed by atoms with Gasteiger partial charge in [-0.2, -0.15) is 0 Å². The number of hydrogen-bond acceptors (Lipinski definition) is 6. The molecule has 1 atom stereocenters. The van der Waals surface area contributed by atoms with Crippen molar-refractivity contribution in [2.45, 2.75) is 67.4 Å². The molecular formula is C38H43N3O5S2. The summed E-state index contributed by atoms with van der Waals surface area (Å²) >= 11 is 1.51. The molecule has 4 aromatic carbocycles. The Balaban J connectivity index is 1.55. The molecule has 48 heavy (non-hydrogen) atoms. The van der Waals surface area contributed by atoms with Gasteiger partial charge in [0.1, 0.15) is 18.3 Å². The van der Waals surface area contributed by atoms with Crippen LogP contribution in [0.1, 0.15) is 43.7 Å². The number of carbonyl (C=O) groups is 2. The fourth-order valence-corrected chi connectivity index (χ4v) is 7.80. The van der Waals surface area contributed by atoms with Crippen LogP contribution in [0.25, 0.3) is 0 Å². The normalized spacial score (nSPS) is 13.9. The molecule has 1 aliphatic rings. The van der Waals surface area contributed by atoms with Gasteiger partial charge in [-0.15, -0.1) is 11.8 Å². The highest BCUT2D eigenvalue weighted by molar-refractivity contribution is 7.98. The summed E-state index contributed by atoms with van der Waals surface area (Å²) in [6, 6.07) is 31.6. The monoisotopic (exact) mass is 685 g/mol. The van der Waals surface area contributed by atoms with Crippen LogP contribution in [0.4, 0.5) is 5.69 Å². The molecule has 252 valence electrons. The van der Waals surface area contributed by atoms with Crippen LogP contribution < -0.4 is 14.4 Å². The molecule has 10 heteroatoms. The maximum absolute atomic E-state index is 14.7. The minimum absolute atomic E-state index is 0.0504. The second-order valence-electron chi connectivity index (χ2n) is 11.8. The number of nitrogens with one attached hydrogen (secondary N) is 1. The Kier molecular flexibility index (Phi) is 12.2. The molecule has 0 unspecified atom stereocenters. The summed E-state index contributed by atoms with van der Waals surface area (Å²) in [5.41, 5.74) is 2.05. The molecule has 2 amide bonds. The molecule has 0 heterocycles. The number of carbonyl (C=O) groups excluding carboxylic acids is 2. The van der Waals surface area contributed by atoms with Gasteiger partial charge in [0, 0.05) is 23.9 Å². The van der Waals surface area contributed by atoms with Gasteiger partial charge < -0.3 is 15.0 Å². The Hall–Kier alpha value is -4.28. The zero-order valence-electron chi connectivity index (χ0n) is 27.5. The van der Waals surface area contributed by atoms with Crippen LogP contribution in [0, 0.1) is 0 Å². The molecule has 0 bridgehead atoms. The highest BCUT2D eigenvalue weighted by atomic mass is 32.2. The van der Waals surface area contributed by atoms with E-state index in [4.69, 9.17) is 4.74 Å². The van der Waals surface area contributed by atoms with E-state index in [0.717, 1.165) is 46.0 Å². The zero-order chi connectivity index (χ0) is 33.9. The zero-order valence-corrected chi connectivity index (χ0v) is 29.1. The van der Waals surface area contributed by atoms with E-state index >= 15 is 0 Å². The first kappa shape index (κ1) is 35.0. The van der Waals surface area contributed by atoms with Crippen LogP contribution in [0.3, 0.4) is 0 Å². The Morgan fingerprint density at radius 2 is 1.46 bits per heavy atom. The Labute approximate surface area is 288 Å². The summed E-state index contributed by atoms with van der Waals surface area (Å²) in [7, 11) is -4.19. The molecule has 1 saturated carbocycles. The molecular weight excluding hydrogens is 643 g/mol. The first-order valence-corrected chi connectivity index (χ1v) is 19.0. The first-order chi connectivity index (χ1) is 23.3. The molecule has 1 aliphatic carbocycles. The van der Waals surface area contributed by atoms with Crippen LogP contribution in [0.5, 0.6) is 5.75 Å². The topological polar surface area (TPSA) is 96.0 Å². The number of amides is 2. The van der Waals surface area contributed by atoms with Gasteiger partial charge in [-0.3, -0.25) is 13.9 Å². The van der Waals surface area contributed by atoms with Crippen LogP contribution in [0.2, 0.25) is 0 Å². The Bertz CT molecular complexity index is 1730. The van der Waals surface area contributed by atoms with E-state index < -0.39 is 28.5 Å². The smallest absolute Gasteiger partial charge is 0.264 e. The van der Waals surface area contributed by atoms with E-state index in [0.29, 0.717) is 18.0 Å². The summed E-state index contributed by atoms with van der Waals surface area (Å²) in [6.45, 7) is 1.96. The van der Waals surface area contributed by atoms with Crippen LogP contribution in [-0.2, 0) is 32.6 Å². The van der Waals surface area contributed by atoms with Crippen molar-refractivity contribution in [3.63, 3.8) is 0 Å². The van der Waals surface area contributed by atoms with Crippen LogP contribution >= 0.6 is 11.8 Å². The number of benzene rings is 4. The SMILES string of the molecule is CCOc1ccc(N(CC(=O)N(Cc2ccccc2)[C@H](Cc2ccccc2)C(=O)NC2CCCC2)S(=O)(=O)c2ccc(SC)cc2)cc1. The van der Waals surface area contributed by atoms with Crippen molar-refractivity contribution in [2.75, 3.05) is 23.7 Å². The van der Waals surface area contributed by atoms with Crippen molar-refractivity contribution in [3.8, 4) is 5.75 Å². The lowest BCUT2D eigenvalue weighted by Gasteiger charge is -2.34. The van der Waals surface area contributed by atoms with Crippen molar-refractivity contribution in [3.05, 3.63) is 120 Å². The summed E-state index contributed by atoms with van der Waals surface area (Å²) in [4.78, 5) is 31.3. The molecule has 0 radical (unpaired) electrons. The molecule has 0 aromatic heterocycles. The number of thioether (sulfide) groups is 1. The Morgan fingerprint density at radius 1 is 0.854 bits per heavy atom. The van der Waals surface area contributed by atoms with Crippen molar-refractivity contribution in [1.82, 2.24) is 10.2 Å². The van der Waals surface area contributed by atoms with Crippen LogP contribution in [0.15, 0.2) is 119 Å². The van der Waals surface area contributed by atoms with E-state index in [2.05, 4.69) is 5.32 Å². The standard InChI is InChI=1S/C38H43N3O5S2/c1-3-46-33-20-18-32(19-21-33)41(48(44,45)35-24-22-34(47-2)23-25-35)28-37(42)40(27-30-14-8-5-9-15-30)36(26-29-12-6-4-7-13-29)38(43)39-31-16-10-11-17-31/h4-9,12-15,18-25,31,36H,3,10-11,16-17,26-28H2,1-2H3,(H,39,43)/t36-/m1/s1.